The van der Waals surface area contributed by atoms with Crippen LogP contribution in [0.4, 0.5) is 5.69 Å². The van der Waals surface area contributed by atoms with Crippen LogP contribution in [0.2, 0.25) is 0 Å². The van der Waals surface area contributed by atoms with Crippen LogP contribution in [0.5, 0.6) is 5.75 Å². The topological polar surface area (TPSA) is 90.9 Å². The highest BCUT2D eigenvalue weighted by atomic mass is 32.2. The van der Waals surface area contributed by atoms with E-state index in [4.69, 9.17) is 9.15 Å². The molecule has 5 rings (SSSR count). The van der Waals surface area contributed by atoms with Gasteiger partial charge in [0.2, 0.25) is 5.89 Å². The number of hydrogen-bond acceptors (Lipinski definition) is 9. The predicted octanol–water partition coefficient (Wildman–Crippen LogP) is 5.81. The van der Waals surface area contributed by atoms with Crippen LogP contribution in [-0.4, -0.2) is 32.1 Å². The summed E-state index contributed by atoms with van der Waals surface area (Å²) >= 11 is 3.19. The van der Waals surface area contributed by atoms with Crippen LogP contribution in [-0.2, 0) is 12.3 Å². The van der Waals surface area contributed by atoms with Gasteiger partial charge in [0.25, 0.3) is 5.89 Å². The summed E-state index contributed by atoms with van der Waals surface area (Å²) in [5.41, 5.74) is 0.994. The summed E-state index contributed by atoms with van der Waals surface area (Å²) in [6.45, 7) is 0.598. The number of hydrogen-bond donors (Lipinski definition) is 1. The van der Waals surface area contributed by atoms with Crippen LogP contribution >= 0.6 is 23.1 Å². The maximum absolute atomic E-state index is 5.85. The van der Waals surface area contributed by atoms with Crippen LogP contribution in [0.3, 0.4) is 0 Å². The zero-order valence-electron chi connectivity index (χ0n) is 18.4. The zero-order valence-corrected chi connectivity index (χ0v) is 20.1. The maximum Gasteiger partial charge on any atom is 0.257 e. The van der Waals surface area contributed by atoms with E-state index in [1.807, 2.05) is 41.8 Å². The Morgan fingerprint density at radius 3 is 2.85 bits per heavy atom. The molecule has 1 N–H and O–H groups in total. The van der Waals surface area contributed by atoms with Gasteiger partial charge >= 0.3 is 0 Å². The van der Waals surface area contributed by atoms with Crippen LogP contribution in [0, 0.1) is 0 Å². The molecule has 0 aliphatic heterocycles. The molecule has 3 aromatic heterocycles. The lowest BCUT2D eigenvalue weighted by Crippen LogP contribution is -2.18. The molecule has 1 fully saturated rings. The largest absolute Gasteiger partial charge is 0.497 e. The van der Waals surface area contributed by atoms with E-state index < -0.39 is 0 Å². The Kier molecular flexibility index (Phi) is 6.92. The third kappa shape index (κ3) is 5.22. The van der Waals surface area contributed by atoms with Crippen molar-refractivity contribution < 1.29 is 9.15 Å². The fourth-order valence-electron chi connectivity index (χ4n) is 4.08. The highest BCUT2D eigenvalue weighted by molar-refractivity contribution is 7.98. The second kappa shape index (κ2) is 10.4. The molecule has 1 aromatic carbocycles. The number of thioether (sulfide) groups is 1. The SMILES string of the molecule is COc1cccc(NCc2nnc(SCc3nnc(-c4cccs4)o3)n2C2CCCCC2)c1. The van der Waals surface area contributed by atoms with Crippen molar-refractivity contribution >= 4 is 28.8 Å². The molecule has 0 bridgehead atoms. The zero-order chi connectivity index (χ0) is 22.5. The van der Waals surface area contributed by atoms with Gasteiger partial charge in [0.15, 0.2) is 11.0 Å². The number of methoxy groups -OCH3 is 1. The minimum atomic E-state index is 0.419. The lowest BCUT2D eigenvalue weighted by Gasteiger charge is -2.25. The highest BCUT2D eigenvalue weighted by Crippen LogP contribution is 2.34. The second-order valence-electron chi connectivity index (χ2n) is 7.91. The number of aromatic nitrogens is 5. The molecule has 3 heterocycles. The van der Waals surface area contributed by atoms with Crippen LogP contribution in [0.25, 0.3) is 10.8 Å². The molecule has 4 aromatic rings. The van der Waals surface area contributed by atoms with E-state index in [-0.39, 0.29) is 0 Å². The number of anilines is 1. The van der Waals surface area contributed by atoms with Crippen LogP contribution < -0.4 is 10.1 Å². The lowest BCUT2D eigenvalue weighted by molar-refractivity contribution is 0.330. The van der Waals surface area contributed by atoms with Crippen molar-refractivity contribution in [2.24, 2.45) is 0 Å². The molecular formula is C23H26N6O2S2. The average molecular weight is 483 g/mol. The number of thiophene rings is 1. The summed E-state index contributed by atoms with van der Waals surface area (Å²) in [6.07, 6.45) is 6.08. The number of ether oxygens (including phenoxy) is 1. The van der Waals surface area contributed by atoms with Crippen molar-refractivity contribution in [3.05, 3.63) is 53.5 Å². The van der Waals surface area contributed by atoms with E-state index in [0.717, 1.165) is 40.1 Å². The van der Waals surface area contributed by atoms with Gasteiger partial charge in [-0.15, -0.1) is 31.7 Å². The van der Waals surface area contributed by atoms with E-state index >= 15 is 0 Å². The van der Waals surface area contributed by atoms with Crippen molar-refractivity contribution in [3.8, 4) is 16.5 Å². The van der Waals surface area contributed by atoms with Crippen molar-refractivity contribution in [1.29, 1.82) is 0 Å². The molecule has 172 valence electrons. The number of benzene rings is 1. The Bertz CT molecular complexity index is 1170. The monoisotopic (exact) mass is 482 g/mol. The Morgan fingerprint density at radius 2 is 2.03 bits per heavy atom. The van der Waals surface area contributed by atoms with Gasteiger partial charge in [-0.05, 0) is 36.4 Å². The molecule has 10 heteroatoms. The summed E-state index contributed by atoms with van der Waals surface area (Å²) in [7, 11) is 1.68. The first-order valence-corrected chi connectivity index (χ1v) is 13.0. The van der Waals surface area contributed by atoms with Gasteiger partial charge in [-0.1, -0.05) is 43.2 Å². The quantitative estimate of drug-likeness (QED) is 0.299. The summed E-state index contributed by atoms with van der Waals surface area (Å²) in [4.78, 5) is 0.982. The fourth-order valence-corrected chi connectivity index (χ4v) is 5.59. The van der Waals surface area contributed by atoms with Gasteiger partial charge in [0.05, 0.1) is 24.3 Å². The minimum absolute atomic E-state index is 0.419. The second-order valence-corrected chi connectivity index (χ2v) is 9.80. The van der Waals surface area contributed by atoms with Crippen LogP contribution in [0.1, 0.15) is 49.9 Å². The third-order valence-corrected chi connectivity index (χ3v) is 7.50. The van der Waals surface area contributed by atoms with E-state index in [9.17, 15) is 0 Å². The van der Waals surface area contributed by atoms with E-state index in [2.05, 4.69) is 30.3 Å². The molecule has 1 saturated carbocycles. The molecule has 0 saturated heterocycles. The molecule has 1 aliphatic carbocycles. The van der Waals surface area contributed by atoms with Gasteiger partial charge in [0, 0.05) is 17.8 Å². The summed E-state index contributed by atoms with van der Waals surface area (Å²) in [5, 5.41) is 23.8. The number of nitrogens with zero attached hydrogens (tertiary/aromatic N) is 5. The first-order valence-electron chi connectivity index (χ1n) is 11.1. The molecule has 0 amide bonds. The van der Waals surface area contributed by atoms with E-state index in [1.165, 1.54) is 19.3 Å². The molecule has 1 aliphatic rings. The Balaban J connectivity index is 1.31. The summed E-state index contributed by atoms with van der Waals surface area (Å²) in [6, 6.07) is 12.3. The summed E-state index contributed by atoms with van der Waals surface area (Å²) < 4.78 is 13.5. The van der Waals surface area contributed by atoms with Gasteiger partial charge in [-0.3, -0.25) is 0 Å². The summed E-state index contributed by atoms with van der Waals surface area (Å²) in [5.74, 6) is 3.49. The average Bonchev–Trinajstić information content (AvgIpc) is 3.63. The highest BCUT2D eigenvalue weighted by Gasteiger charge is 2.23. The lowest BCUT2D eigenvalue weighted by atomic mass is 9.95. The Hall–Kier alpha value is -2.85. The Morgan fingerprint density at radius 1 is 1.12 bits per heavy atom. The van der Waals surface area contributed by atoms with Gasteiger partial charge in [-0.2, -0.15) is 0 Å². The standard InChI is InChI=1S/C23H26N6O2S2/c1-30-18-10-5-7-16(13-18)24-14-20-25-28-23(29(20)17-8-3-2-4-9-17)33-15-21-26-27-22(31-21)19-11-6-12-32-19/h5-7,10-13,17,24H,2-4,8-9,14-15H2,1H3. The predicted molar refractivity (Wildman–Crippen MR) is 130 cm³/mol. The molecule has 0 radical (unpaired) electrons. The first-order chi connectivity index (χ1) is 16.3. The van der Waals surface area contributed by atoms with Crippen molar-refractivity contribution in [2.45, 2.75) is 55.6 Å². The van der Waals surface area contributed by atoms with Gasteiger partial charge in [0.1, 0.15) is 5.75 Å². The molecule has 0 unspecified atom stereocenters. The maximum atomic E-state index is 5.85. The molecule has 33 heavy (non-hydrogen) atoms. The smallest absolute Gasteiger partial charge is 0.257 e. The third-order valence-electron chi connectivity index (χ3n) is 5.72. The minimum Gasteiger partial charge on any atom is -0.497 e. The van der Waals surface area contributed by atoms with Gasteiger partial charge < -0.3 is 19.0 Å². The van der Waals surface area contributed by atoms with Crippen molar-refractivity contribution in [3.63, 3.8) is 0 Å². The fraction of sp³-hybridized carbons (Fsp3) is 0.391. The Labute approximate surface area is 200 Å². The van der Waals surface area contributed by atoms with Gasteiger partial charge in [-0.25, -0.2) is 0 Å². The normalized spacial score (nSPS) is 14.5. The molecular weight excluding hydrogens is 456 g/mol. The number of rotatable bonds is 9. The van der Waals surface area contributed by atoms with Crippen molar-refractivity contribution in [2.75, 3.05) is 12.4 Å². The molecule has 0 atom stereocenters. The molecule has 8 nitrogen and oxygen atoms in total. The van der Waals surface area contributed by atoms with E-state index in [1.54, 1.807) is 30.2 Å². The van der Waals surface area contributed by atoms with Crippen molar-refractivity contribution in [1.82, 2.24) is 25.0 Å². The first kappa shape index (κ1) is 22.0. The molecule has 0 spiro atoms. The number of nitrogens with one attached hydrogen (secondary N) is 1. The van der Waals surface area contributed by atoms with Crippen LogP contribution in [0.15, 0.2) is 51.4 Å². The van der Waals surface area contributed by atoms with E-state index in [0.29, 0.717) is 30.1 Å².